The van der Waals surface area contributed by atoms with Gasteiger partial charge in [0.2, 0.25) is 0 Å². The SMILES string of the molecule is C[C@]12CCCC(=O)[C@H]1Sc1ccc(Cl)cc12. The van der Waals surface area contributed by atoms with Crippen molar-refractivity contribution < 1.29 is 4.79 Å². The first-order chi connectivity index (χ1) is 7.61. The third-order valence-electron chi connectivity index (χ3n) is 3.79. The lowest BCUT2D eigenvalue weighted by Gasteiger charge is -2.34. The van der Waals surface area contributed by atoms with Crippen LogP contribution >= 0.6 is 23.4 Å². The zero-order valence-corrected chi connectivity index (χ0v) is 10.7. The fraction of sp³-hybridized carbons (Fsp3) is 0.462. The van der Waals surface area contributed by atoms with Gasteiger partial charge in [-0.1, -0.05) is 18.5 Å². The van der Waals surface area contributed by atoms with Gasteiger partial charge in [-0.25, -0.2) is 0 Å². The average molecular weight is 253 g/mol. The maximum Gasteiger partial charge on any atom is 0.147 e. The van der Waals surface area contributed by atoms with E-state index in [0.29, 0.717) is 5.78 Å². The number of thioether (sulfide) groups is 1. The Balaban J connectivity index is 2.14. The zero-order valence-electron chi connectivity index (χ0n) is 9.13. The molecule has 1 fully saturated rings. The summed E-state index contributed by atoms with van der Waals surface area (Å²) in [4.78, 5) is 13.2. The maximum absolute atomic E-state index is 12.0. The van der Waals surface area contributed by atoms with Gasteiger partial charge in [-0.2, -0.15) is 0 Å². The van der Waals surface area contributed by atoms with E-state index in [4.69, 9.17) is 11.6 Å². The summed E-state index contributed by atoms with van der Waals surface area (Å²) in [6, 6.07) is 6.01. The Kier molecular flexibility index (Phi) is 2.34. The molecule has 1 nitrogen and oxygen atoms in total. The van der Waals surface area contributed by atoms with E-state index in [1.54, 1.807) is 11.8 Å². The summed E-state index contributed by atoms with van der Waals surface area (Å²) in [5.74, 6) is 0.408. The van der Waals surface area contributed by atoms with Gasteiger partial charge in [0.25, 0.3) is 0 Å². The number of halogens is 1. The van der Waals surface area contributed by atoms with Crippen molar-refractivity contribution in [1.29, 1.82) is 0 Å². The second-order valence-electron chi connectivity index (χ2n) is 4.88. The molecule has 0 spiro atoms. The van der Waals surface area contributed by atoms with E-state index in [9.17, 15) is 4.79 Å². The molecule has 1 heterocycles. The molecule has 0 radical (unpaired) electrons. The Morgan fingerprint density at radius 2 is 2.31 bits per heavy atom. The second kappa shape index (κ2) is 3.51. The Hall–Kier alpha value is -0.470. The molecule has 84 valence electrons. The van der Waals surface area contributed by atoms with Crippen LogP contribution in [0.15, 0.2) is 23.1 Å². The lowest BCUT2D eigenvalue weighted by atomic mass is 9.70. The van der Waals surface area contributed by atoms with Gasteiger partial charge in [0.05, 0.1) is 5.25 Å². The quantitative estimate of drug-likeness (QED) is 0.698. The van der Waals surface area contributed by atoms with Crippen molar-refractivity contribution in [2.75, 3.05) is 0 Å². The highest BCUT2D eigenvalue weighted by Crippen LogP contribution is 2.54. The number of benzene rings is 1. The molecule has 0 bridgehead atoms. The van der Waals surface area contributed by atoms with Crippen molar-refractivity contribution in [2.45, 2.75) is 41.7 Å². The summed E-state index contributed by atoms with van der Waals surface area (Å²) in [5, 5.41) is 0.897. The first kappa shape index (κ1) is 10.7. The Morgan fingerprint density at radius 3 is 3.12 bits per heavy atom. The van der Waals surface area contributed by atoms with E-state index >= 15 is 0 Å². The minimum Gasteiger partial charge on any atom is -0.298 e. The molecule has 0 saturated heterocycles. The van der Waals surface area contributed by atoms with Crippen molar-refractivity contribution in [3.63, 3.8) is 0 Å². The van der Waals surface area contributed by atoms with E-state index in [0.717, 1.165) is 24.3 Å². The van der Waals surface area contributed by atoms with Gasteiger partial charge in [-0.15, -0.1) is 11.8 Å². The molecule has 2 aliphatic rings. The Morgan fingerprint density at radius 1 is 1.50 bits per heavy atom. The first-order valence-electron chi connectivity index (χ1n) is 5.61. The van der Waals surface area contributed by atoms with Crippen molar-refractivity contribution in [1.82, 2.24) is 0 Å². The van der Waals surface area contributed by atoms with Crippen molar-refractivity contribution in [3.05, 3.63) is 28.8 Å². The highest BCUT2D eigenvalue weighted by Gasteiger charge is 2.49. The molecular weight excluding hydrogens is 240 g/mol. The number of carbonyl (C=O) groups excluding carboxylic acids is 1. The van der Waals surface area contributed by atoms with Crippen LogP contribution in [0.2, 0.25) is 5.02 Å². The van der Waals surface area contributed by atoms with Gasteiger partial charge in [-0.05, 0) is 36.6 Å². The number of rotatable bonds is 0. The van der Waals surface area contributed by atoms with Crippen molar-refractivity contribution >= 4 is 29.1 Å². The van der Waals surface area contributed by atoms with E-state index in [-0.39, 0.29) is 10.7 Å². The largest absolute Gasteiger partial charge is 0.298 e. The molecule has 0 N–H and O–H groups in total. The molecule has 3 heteroatoms. The smallest absolute Gasteiger partial charge is 0.147 e. The number of hydrogen-bond donors (Lipinski definition) is 0. The molecule has 1 saturated carbocycles. The van der Waals surface area contributed by atoms with Crippen LogP contribution in [0.25, 0.3) is 0 Å². The van der Waals surface area contributed by atoms with Crippen LogP contribution in [0, 0.1) is 0 Å². The summed E-state index contributed by atoms with van der Waals surface area (Å²) in [5.41, 5.74) is 1.29. The molecule has 1 aromatic carbocycles. The average Bonchev–Trinajstić information content (AvgIpc) is 2.53. The number of hydrogen-bond acceptors (Lipinski definition) is 2. The third-order valence-corrected chi connectivity index (χ3v) is 5.66. The molecule has 0 amide bonds. The second-order valence-corrected chi connectivity index (χ2v) is 6.46. The zero-order chi connectivity index (χ0) is 11.3. The summed E-state index contributed by atoms with van der Waals surface area (Å²) < 4.78 is 0. The van der Waals surface area contributed by atoms with E-state index in [2.05, 4.69) is 13.0 Å². The first-order valence-corrected chi connectivity index (χ1v) is 6.86. The van der Waals surface area contributed by atoms with E-state index < -0.39 is 0 Å². The van der Waals surface area contributed by atoms with Gasteiger partial charge >= 0.3 is 0 Å². The Labute approximate surface area is 105 Å². The molecule has 0 unspecified atom stereocenters. The summed E-state index contributed by atoms with van der Waals surface area (Å²) >= 11 is 7.79. The predicted molar refractivity (Wildman–Crippen MR) is 67.3 cm³/mol. The number of carbonyl (C=O) groups is 1. The molecular formula is C13H13ClOS. The topological polar surface area (TPSA) is 17.1 Å². The summed E-state index contributed by atoms with van der Waals surface area (Å²) in [7, 11) is 0. The number of fused-ring (bicyclic) bond motifs is 3. The molecule has 0 aromatic heterocycles. The highest BCUT2D eigenvalue weighted by atomic mass is 35.5. The highest BCUT2D eigenvalue weighted by molar-refractivity contribution is 8.01. The molecule has 3 rings (SSSR count). The lowest BCUT2D eigenvalue weighted by Crippen LogP contribution is -2.40. The summed E-state index contributed by atoms with van der Waals surface area (Å²) in [6.45, 7) is 2.21. The van der Waals surface area contributed by atoms with Crippen LogP contribution in [0.1, 0.15) is 31.7 Å². The van der Waals surface area contributed by atoms with Gasteiger partial charge < -0.3 is 0 Å². The van der Waals surface area contributed by atoms with Crippen molar-refractivity contribution in [2.24, 2.45) is 0 Å². The minimum atomic E-state index is 0.0141. The Bertz CT molecular complexity index is 471. The van der Waals surface area contributed by atoms with Crippen LogP contribution in [0.3, 0.4) is 0 Å². The fourth-order valence-electron chi connectivity index (χ4n) is 2.90. The van der Waals surface area contributed by atoms with E-state index in [1.807, 2.05) is 12.1 Å². The van der Waals surface area contributed by atoms with Crippen LogP contribution in [-0.4, -0.2) is 11.0 Å². The van der Waals surface area contributed by atoms with Gasteiger partial charge in [0.1, 0.15) is 5.78 Å². The minimum absolute atomic E-state index is 0.0141. The number of Topliss-reactive ketones (excluding diaryl/α,β-unsaturated/α-hetero) is 1. The molecule has 2 atom stereocenters. The molecule has 1 aromatic rings. The van der Waals surface area contributed by atoms with Crippen LogP contribution in [0.4, 0.5) is 0 Å². The number of ketones is 1. The molecule has 16 heavy (non-hydrogen) atoms. The van der Waals surface area contributed by atoms with E-state index in [1.165, 1.54) is 10.5 Å². The van der Waals surface area contributed by atoms with Crippen LogP contribution in [0.5, 0.6) is 0 Å². The lowest BCUT2D eigenvalue weighted by molar-refractivity contribution is -0.121. The van der Waals surface area contributed by atoms with Gasteiger partial charge in [-0.3, -0.25) is 4.79 Å². The van der Waals surface area contributed by atoms with Crippen LogP contribution < -0.4 is 0 Å². The van der Waals surface area contributed by atoms with Crippen molar-refractivity contribution in [3.8, 4) is 0 Å². The normalized spacial score (nSPS) is 32.4. The monoisotopic (exact) mass is 252 g/mol. The van der Waals surface area contributed by atoms with Crippen LogP contribution in [-0.2, 0) is 10.2 Å². The third kappa shape index (κ3) is 1.36. The van der Waals surface area contributed by atoms with Gasteiger partial charge in [0, 0.05) is 21.8 Å². The molecule has 1 aliphatic heterocycles. The summed E-state index contributed by atoms with van der Waals surface area (Å²) in [6.07, 6.45) is 2.86. The predicted octanol–water partition coefficient (Wildman–Crippen LogP) is 3.83. The standard InChI is InChI=1S/C13H13ClOS/c1-13-6-2-3-10(15)12(13)16-11-5-4-8(14)7-9(11)13/h4-5,7,12H,2-3,6H2,1H3/t12-,13-/m1/s1. The molecule has 1 aliphatic carbocycles. The maximum atomic E-state index is 12.0. The fourth-order valence-corrected chi connectivity index (χ4v) is 4.64. The van der Waals surface area contributed by atoms with Gasteiger partial charge in [0.15, 0.2) is 0 Å².